The predicted octanol–water partition coefficient (Wildman–Crippen LogP) is 1.85. The molecule has 0 aliphatic rings. The maximum absolute atomic E-state index is 4.53. The molecular weight excluding hydrogens is 240 g/mol. The van der Waals surface area contributed by atoms with Gasteiger partial charge in [0, 0.05) is 34.2 Å². The minimum atomic E-state index is 0.608. The van der Waals surface area contributed by atoms with Gasteiger partial charge in [0.15, 0.2) is 0 Å². The van der Waals surface area contributed by atoms with Crippen molar-refractivity contribution in [2.75, 3.05) is 49.3 Å². The Hall–Kier alpha value is -1.59. The minimum absolute atomic E-state index is 0.608. The smallest absolute Gasteiger partial charge is 0.231 e. The number of hydrogen-bond acceptors (Lipinski definition) is 6. The molecule has 19 heavy (non-hydrogen) atoms. The number of anilines is 3. The standard InChI is InChI=1S/C13H26N6/c1-7-10(3)9-19(8-2)13-16-11(14-4)15-12(17-13)18(5)6/h10H,7-9H2,1-6H3,(H,14,15,16,17). The topological polar surface area (TPSA) is 57.2 Å². The van der Waals surface area contributed by atoms with Crippen molar-refractivity contribution in [3.63, 3.8) is 0 Å². The molecular formula is C13H26N6. The van der Waals surface area contributed by atoms with E-state index in [9.17, 15) is 0 Å². The largest absolute Gasteiger partial charge is 0.357 e. The second-order valence-electron chi connectivity index (χ2n) is 4.96. The summed E-state index contributed by atoms with van der Waals surface area (Å²) in [4.78, 5) is 17.4. The van der Waals surface area contributed by atoms with Gasteiger partial charge in [0.05, 0.1) is 0 Å². The van der Waals surface area contributed by atoms with E-state index in [0.717, 1.165) is 25.5 Å². The first-order valence-corrected chi connectivity index (χ1v) is 6.87. The molecule has 0 spiro atoms. The molecule has 0 radical (unpaired) electrons. The first-order chi connectivity index (χ1) is 9.01. The van der Waals surface area contributed by atoms with Crippen LogP contribution in [-0.4, -0.2) is 49.2 Å². The highest BCUT2D eigenvalue weighted by atomic mass is 15.3. The molecule has 1 unspecified atom stereocenters. The van der Waals surface area contributed by atoms with Crippen molar-refractivity contribution in [1.29, 1.82) is 0 Å². The lowest BCUT2D eigenvalue weighted by molar-refractivity contribution is 0.542. The first-order valence-electron chi connectivity index (χ1n) is 6.87. The highest BCUT2D eigenvalue weighted by Crippen LogP contribution is 2.16. The van der Waals surface area contributed by atoms with Crippen LogP contribution in [0.2, 0.25) is 0 Å². The van der Waals surface area contributed by atoms with Crippen molar-refractivity contribution in [2.24, 2.45) is 5.92 Å². The number of nitrogens with one attached hydrogen (secondary N) is 1. The molecule has 0 fully saturated rings. The van der Waals surface area contributed by atoms with Crippen molar-refractivity contribution in [2.45, 2.75) is 27.2 Å². The number of rotatable bonds is 7. The zero-order chi connectivity index (χ0) is 14.4. The molecule has 1 aromatic rings. The van der Waals surface area contributed by atoms with Crippen molar-refractivity contribution in [1.82, 2.24) is 15.0 Å². The molecule has 0 saturated carbocycles. The zero-order valence-electron chi connectivity index (χ0n) is 12.9. The summed E-state index contributed by atoms with van der Waals surface area (Å²) in [6, 6.07) is 0. The van der Waals surface area contributed by atoms with Crippen LogP contribution in [0.5, 0.6) is 0 Å². The van der Waals surface area contributed by atoms with Crippen LogP contribution in [0.1, 0.15) is 27.2 Å². The lowest BCUT2D eigenvalue weighted by atomic mass is 10.1. The van der Waals surface area contributed by atoms with Crippen LogP contribution in [0.3, 0.4) is 0 Å². The number of hydrogen-bond donors (Lipinski definition) is 1. The predicted molar refractivity (Wildman–Crippen MR) is 81.0 cm³/mol. The average Bonchev–Trinajstić information content (AvgIpc) is 2.43. The third kappa shape index (κ3) is 4.22. The molecule has 1 aromatic heterocycles. The maximum Gasteiger partial charge on any atom is 0.231 e. The van der Waals surface area contributed by atoms with E-state index in [4.69, 9.17) is 0 Å². The molecule has 0 aliphatic carbocycles. The normalized spacial score (nSPS) is 12.1. The van der Waals surface area contributed by atoms with Gasteiger partial charge in [0.1, 0.15) is 0 Å². The van der Waals surface area contributed by atoms with Crippen LogP contribution < -0.4 is 15.1 Å². The second kappa shape index (κ2) is 7.11. The summed E-state index contributed by atoms with van der Waals surface area (Å²) >= 11 is 0. The molecule has 6 heteroatoms. The SMILES string of the molecule is CCC(C)CN(CC)c1nc(NC)nc(N(C)C)n1. The van der Waals surface area contributed by atoms with Crippen LogP contribution in [-0.2, 0) is 0 Å². The Kier molecular flexibility index (Phi) is 5.79. The summed E-state index contributed by atoms with van der Waals surface area (Å²) in [5.74, 6) is 2.65. The Morgan fingerprint density at radius 3 is 2.21 bits per heavy atom. The van der Waals surface area contributed by atoms with Gasteiger partial charge < -0.3 is 15.1 Å². The minimum Gasteiger partial charge on any atom is -0.357 e. The molecule has 1 heterocycles. The van der Waals surface area contributed by atoms with Gasteiger partial charge in [-0.1, -0.05) is 20.3 Å². The van der Waals surface area contributed by atoms with Gasteiger partial charge in [-0.2, -0.15) is 15.0 Å². The Balaban J connectivity index is 3.04. The van der Waals surface area contributed by atoms with Gasteiger partial charge in [0.25, 0.3) is 0 Å². The third-order valence-corrected chi connectivity index (χ3v) is 3.13. The Morgan fingerprint density at radius 1 is 1.11 bits per heavy atom. The van der Waals surface area contributed by atoms with Crippen molar-refractivity contribution >= 4 is 17.8 Å². The Labute approximate surface area is 116 Å². The first kappa shape index (κ1) is 15.5. The lowest BCUT2D eigenvalue weighted by Gasteiger charge is -2.25. The second-order valence-corrected chi connectivity index (χ2v) is 4.96. The van der Waals surface area contributed by atoms with Crippen LogP contribution >= 0.6 is 0 Å². The molecule has 108 valence electrons. The lowest BCUT2D eigenvalue weighted by Crippen LogP contribution is -2.30. The number of nitrogens with zero attached hydrogens (tertiary/aromatic N) is 5. The van der Waals surface area contributed by atoms with Gasteiger partial charge in [-0.3, -0.25) is 0 Å². The fraction of sp³-hybridized carbons (Fsp3) is 0.769. The van der Waals surface area contributed by atoms with Crippen molar-refractivity contribution in [3.05, 3.63) is 0 Å². The molecule has 1 N–H and O–H groups in total. The maximum atomic E-state index is 4.53. The van der Waals surface area contributed by atoms with Gasteiger partial charge in [-0.15, -0.1) is 0 Å². The van der Waals surface area contributed by atoms with Crippen LogP contribution in [0.4, 0.5) is 17.8 Å². The summed E-state index contributed by atoms with van der Waals surface area (Å²) in [6.07, 6.45) is 1.15. The monoisotopic (exact) mass is 266 g/mol. The molecule has 0 aromatic carbocycles. The van der Waals surface area contributed by atoms with E-state index in [-0.39, 0.29) is 0 Å². The van der Waals surface area contributed by atoms with Gasteiger partial charge in [-0.25, -0.2) is 0 Å². The van der Waals surface area contributed by atoms with E-state index < -0.39 is 0 Å². The average molecular weight is 266 g/mol. The van der Waals surface area contributed by atoms with Crippen LogP contribution in [0.15, 0.2) is 0 Å². The van der Waals surface area contributed by atoms with E-state index in [1.54, 1.807) is 0 Å². The fourth-order valence-corrected chi connectivity index (χ4v) is 1.66. The summed E-state index contributed by atoms with van der Waals surface area (Å²) in [5.41, 5.74) is 0. The zero-order valence-corrected chi connectivity index (χ0v) is 12.9. The van der Waals surface area contributed by atoms with Crippen molar-refractivity contribution < 1.29 is 0 Å². The molecule has 6 nitrogen and oxygen atoms in total. The molecule has 0 amide bonds. The Bertz CT molecular complexity index is 393. The molecule has 1 atom stereocenters. The summed E-state index contributed by atoms with van der Waals surface area (Å²) in [5, 5.41) is 2.99. The molecule has 0 bridgehead atoms. The van der Waals surface area contributed by atoms with Crippen molar-refractivity contribution in [3.8, 4) is 0 Å². The quantitative estimate of drug-likeness (QED) is 0.813. The number of aromatic nitrogens is 3. The molecule has 0 aliphatic heterocycles. The van der Waals surface area contributed by atoms with E-state index in [2.05, 4.69) is 45.9 Å². The van der Waals surface area contributed by atoms with Gasteiger partial charge >= 0.3 is 0 Å². The molecule has 0 saturated heterocycles. The van der Waals surface area contributed by atoms with Gasteiger partial charge in [0.2, 0.25) is 17.8 Å². The van der Waals surface area contributed by atoms with Crippen LogP contribution in [0.25, 0.3) is 0 Å². The highest BCUT2D eigenvalue weighted by Gasteiger charge is 2.14. The fourth-order valence-electron chi connectivity index (χ4n) is 1.66. The van der Waals surface area contributed by atoms with E-state index in [1.807, 2.05) is 26.0 Å². The van der Waals surface area contributed by atoms with E-state index in [0.29, 0.717) is 17.8 Å². The Morgan fingerprint density at radius 2 is 1.74 bits per heavy atom. The van der Waals surface area contributed by atoms with E-state index in [1.165, 1.54) is 0 Å². The summed E-state index contributed by atoms with van der Waals surface area (Å²) < 4.78 is 0. The summed E-state index contributed by atoms with van der Waals surface area (Å²) in [6.45, 7) is 8.43. The van der Waals surface area contributed by atoms with Crippen LogP contribution in [0, 0.1) is 5.92 Å². The van der Waals surface area contributed by atoms with Gasteiger partial charge in [-0.05, 0) is 12.8 Å². The van der Waals surface area contributed by atoms with E-state index >= 15 is 0 Å². The summed E-state index contributed by atoms with van der Waals surface area (Å²) in [7, 11) is 5.69. The molecule has 1 rings (SSSR count). The third-order valence-electron chi connectivity index (χ3n) is 3.13. The highest BCUT2D eigenvalue weighted by molar-refractivity contribution is 5.44.